The highest BCUT2D eigenvalue weighted by Crippen LogP contribution is 2.32. The summed E-state index contributed by atoms with van der Waals surface area (Å²) in [5, 5.41) is 23.9. The molecular formula is C19H19N7O4S. The Kier molecular flexibility index (Phi) is 4.73. The van der Waals surface area contributed by atoms with Crippen LogP contribution in [-0.2, 0) is 24.1 Å². The van der Waals surface area contributed by atoms with Gasteiger partial charge in [0.05, 0.1) is 33.6 Å². The number of hydrogen-bond donors (Lipinski definition) is 0. The number of aryl methyl sites for hydroxylation is 2. The Hall–Kier alpha value is -3.80. The topological polar surface area (TPSA) is 131 Å². The maximum Gasteiger partial charge on any atom is 0.283 e. The second-order valence-corrected chi connectivity index (χ2v) is 8.82. The summed E-state index contributed by atoms with van der Waals surface area (Å²) in [4.78, 5) is 10.3. The number of non-ortho nitro benzene ring substituents is 1. The molecule has 0 saturated heterocycles. The van der Waals surface area contributed by atoms with Gasteiger partial charge in [-0.25, -0.2) is 0 Å². The van der Waals surface area contributed by atoms with E-state index in [0.717, 1.165) is 21.5 Å². The van der Waals surface area contributed by atoms with Gasteiger partial charge in [-0.05, 0) is 26.0 Å². The van der Waals surface area contributed by atoms with Crippen molar-refractivity contribution < 1.29 is 13.3 Å². The zero-order valence-electron chi connectivity index (χ0n) is 17.2. The Balaban J connectivity index is 1.98. The molecule has 12 heteroatoms. The molecular weight excluding hydrogens is 422 g/mol. The molecule has 1 aromatic carbocycles. The van der Waals surface area contributed by atoms with Crippen LogP contribution in [0.1, 0.15) is 11.4 Å². The zero-order valence-corrected chi connectivity index (χ0v) is 18.0. The van der Waals surface area contributed by atoms with Crippen molar-refractivity contribution in [2.45, 2.75) is 18.7 Å². The first kappa shape index (κ1) is 20.5. The molecule has 3 aromatic heterocycles. The van der Waals surface area contributed by atoms with Crippen LogP contribution in [0, 0.1) is 24.0 Å². The van der Waals surface area contributed by atoms with Gasteiger partial charge in [0.25, 0.3) is 15.7 Å². The number of nitrogens with zero attached hydrogens (tertiary/aromatic N) is 7. The third kappa shape index (κ3) is 3.30. The van der Waals surface area contributed by atoms with E-state index in [1.165, 1.54) is 18.2 Å². The number of rotatable bonds is 5. The van der Waals surface area contributed by atoms with E-state index in [9.17, 15) is 18.5 Å². The first-order valence-electron chi connectivity index (χ1n) is 9.19. The fourth-order valence-corrected chi connectivity index (χ4v) is 4.54. The van der Waals surface area contributed by atoms with Crippen LogP contribution in [0.2, 0.25) is 0 Å². The van der Waals surface area contributed by atoms with Crippen LogP contribution in [0.4, 0.5) is 5.69 Å². The zero-order chi connectivity index (χ0) is 22.5. The number of hydrogen-bond acceptors (Lipinski definition) is 7. The molecule has 11 nitrogen and oxygen atoms in total. The highest BCUT2D eigenvalue weighted by Gasteiger charge is 2.27. The van der Waals surface area contributed by atoms with Gasteiger partial charge in [-0.3, -0.25) is 19.5 Å². The van der Waals surface area contributed by atoms with E-state index in [1.807, 2.05) is 13.8 Å². The van der Waals surface area contributed by atoms with Crippen LogP contribution in [0.15, 0.2) is 47.6 Å². The molecule has 31 heavy (non-hydrogen) atoms. The minimum absolute atomic E-state index is 0.234. The van der Waals surface area contributed by atoms with Gasteiger partial charge in [0.1, 0.15) is 0 Å². The molecule has 0 N–H and O–H groups in total. The van der Waals surface area contributed by atoms with Gasteiger partial charge < -0.3 is 0 Å². The van der Waals surface area contributed by atoms with E-state index in [4.69, 9.17) is 0 Å². The summed E-state index contributed by atoms with van der Waals surface area (Å²) >= 11 is 0. The molecule has 0 bridgehead atoms. The first-order chi connectivity index (χ1) is 14.6. The highest BCUT2D eigenvalue weighted by molar-refractivity contribution is 7.90. The maximum absolute atomic E-state index is 13.5. The van der Waals surface area contributed by atoms with Gasteiger partial charge >= 0.3 is 0 Å². The van der Waals surface area contributed by atoms with Crippen molar-refractivity contribution >= 4 is 15.7 Å². The van der Waals surface area contributed by atoms with Gasteiger partial charge in [-0.15, -0.1) is 0 Å². The van der Waals surface area contributed by atoms with E-state index >= 15 is 0 Å². The summed E-state index contributed by atoms with van der Waals surface area (Å²) in [7, 11) is -0.707. The van der Waals surface area contributed by atoms with E-state index in [-0.39, 0.29) is 10.6 Å². The average Bonchev–Trinajstić information content (AvgIpc) is 3.41. The van der Waals surface area contributed by atoms with Crippen LogP contribution < -0.4 is 0 Å². The lowest BCUT2D eigenvalue weighted by molar-refractivity contribution is -0.385. The number of nitro benzene ring substituents is 1. The number of benzene rings is 1. The quantitative estimate of drug-likeness (QED) is 0.343. The highest BCUT2D eigenvalue weighted by atomic mass is 32.2. The summed E-state index contributed by atoms with van der Waals surface area (Å²) in [5.74, 6) is 0. The van der Waals surface area contributed by atoms with Crippen molar-refractivity contribution in [3.63, 3.8) is 0 Å². The molecule has 0 aliphatic carbocycles. The Morgan fingerprint density at radius 2 is 1.58 bits per heavy atom. The van der Waals surface area contributed by atoms with Crippen LogP contribution in [-0.4, -0.2) is 42.1 Å². The maximum atomic E-state index is 13.5. The van der Waals surface area contributed by atoms with Gasteiger partial charge in [0.15, 0.2) is 0 Å². The van der Waals surface area contributed by atoms with E-state index in [0.29, 0.717) is 22.5 Å². The minimum Gasteiger partial charge on any atom is -0.272 e. The third-order valence-corrected chi connectivity index (χ3v) is 6.84. The molecule has 0 saturated carbocycles. The largest absolute Gasteiger partial charge is 0.283 e. The van der Waals surface area contributed by atoms with Crippen molar-refractivity contribution in [1.29, 1.82) is 0 Å². The van der Waals surface area contributed by atoms with Gasteiger partial charge in [0.2, 0.25) is 0 Å². The van der Waals surface area contributed by atoms with Crippen molar-refractivity contribution in [1.82, 2.24) is 28.7 Å². The lowest BCUT2D eigenvalue weighted by atomic mass is 10.1. The molecule has 0 amide bonds. The minimum atomic E-state index is -4.24. The monoisotopic (exact) mass is 441 g/mol. The summed E-state index contributed by atoms with van der Waals surface area (Å²) < 4.78 is 31.2. The summed E-state index contributed by atoms with van der Waals surface area (Å²) in [6, 6.07) is 6.54. The molecule has 0 aliphatic heterocycles. The molecule has 0 atom stereocenters. The van der Waals surface area contributed by atoms with E-state index in [2.05, 4.69) is 15.3 Å². The fraction of sp³-hybridized carbons (Fsp3) is 0.211. The molecule has 0 aliphatic rings. The molecule has 3 heterocycles. The van der Waals surface area contributed by atoms with E-state index in [1.54, 1.807) is 41.9 Å². The Morgan fingerprint density at radius 1 is 0.968 bits per heavy atom. The summed E-state index contributed by atoms with van der Waals surface area (Å²) in [6.07, 6.45) is 3.17. The molecule has 4 rings (SSSR count). The van der Waals surface area contributed by atoms with E-state index < -0.39 is 14.9 Å². The Labute approximate surface area is 177 Å². The third-order valence-electron chi connectivity index (χ3n) is 5.25. The van der Waals surface area contributed by atoms with Gasteiger partial charge in [-0.2, -0.15) is 27.8 Å². The first-order valence-corrected chi connectivity index (χ1v) is 10.6. The molecule has 160 valence electrons. The van der Waals surface area contributed by atoms with Crippen molar-refractivity contribution in [2.75, 3.05) is 0 Å². The number of aromatic nitrogens is 6. The average molecular weight is 441 g/mol. The molecule has 4 aromatic rings. The van der Waals surface area contributed by atoms with Crippen molar-refractivity contribution in [3.05, 3.63) is 64.2 Å². The molecule has 0 radical (unpaired) electrons. The predicted octanol–water partition coefficient (Wildman–Crippen LogP) is 2.45. The van der Waals surface area contributed by atoms with Crippen molar-refractivity contribution in [3.8, 4) is 22.5 Å². The smallest absolute Gasteiger partial charge is 0.272 e. The van der Waals surface area contributed by atoms with Gasteiger partial charge in [-0.1, -0.05) is 6.07 Å². The Bertz CT molecular complexity index is 1430. The second-order valence-electron chi connectivity index (χ2n) is 7.05. The van der Waals surface area contributed by atoms with Crippen LogP contribution in [0.25, 0.3) is 22.5 Å². The molecule has 0 spiro atoms. The fourth-order valence-electron chi connectivity index (χ4n) is 3.22. The summed E-state index contributed by atoms with van der Waals surface area (Å²) in [5.41, 5.74) is 3.20. The van der Waals surface area contributed by atoms with Crippen molar-refractivity contribution in [2.24, 2.45) is 14.1 Å². The van der Waals surface area contributed by atoms with Gasteiger partial charge in [0, 0.05) is 48.7 Å². The molecule has 0 fully saturated rings. The summed E-state index contributed by atoms with van der Waals surface area (Å²) in [6.45, 7) is 3.67. The second kappa shape index (κ2) is 7.16. The molecule has 0 unspecified atom stereocenters. The van der Waals surface area contributed by atoms with Crippen LogP contribution >= 0.6 is 0 Å². The number of nitro groups is 1. The predicted molar refractivity (Wildman–Crippen MR) is 112 cm³/mol. The van der Waals surface area contributed by atoms with Crippen LogP contribution in [0.5, 0.6) is 0 Å². The standard InChI is InChI=1S/C19H19N7O4S/c1-12-16(10-20-23(12)3)18-9-19(17-11-21-24(4)13(17)2)25(22-18)31(29,30)15-7-5-6-14(8-15)26(27)28/h5-11H,1-4H3. The van der Waals surface area contributed by atoms with Crippen LogP contribution in [0.3, 0.4) is 0 Å². The lowest BCUT2D eigenvalue weighted by Crippen LogP contribution is -2.16. The normalized spacial score (nSPS) is 11.7. The lowest BCUT2D eigenvalue weighted by Gasteiger charge is -2.08. The Morgan fingerprint density at radius 3 is 2.13 bits per heavy atom. The SMILES string of the molecule is Cc1c(-c2cc(-c3cnn(C)c3C)n(S(=O)(=O)c3cccc([N+](=O)[O-])c3)n2)cnn1C.